The Morgan fingerprint density at radius 3 is 2.48 bits per heavy atom. The number of fused-ring (bicyclic) bond motifs is 1. The minimum Gasteiger partial charge on any atom is -0.490 e. The fraction of sp³-hybridized carbons (Fsp3) is 0.391. The van der Waals surface area contributed by atoms with E-state index in [-0.39, 0.29) is 17.7 Å². The van der Waals surface area contributed by atoms with Crippen LogP contribution in [0.4, 0.5) is 5.69 Å². The quantitative estimate of drug-likeness (QED) is 0.775. The minimum atomic E-state index is -0.641. The van der Waals surface area contributed by atoms with Crippen LogP contribution < -0.4 is 20.1 Å². The standard InChI is InChI=1S/C23H28N2O4/c1-15(2)13-19(25-22(26)18-8-5-4-7-16(18)3)23(27)24-17-9-10-20-21(14-17)29-12-6-11-28-20/h4-5,7-10,14-15,19H,6,11-13H2,1-3H3,(H,24,27)(H,25,26). The number of hydrogen-bond acceptors (Lipinski definition) is 4. The molecule has 0 spiro atoms. The summed E-state index contributed by atoms with van der Waals surface area (Å²) in [6.45, 7) is 7.11. The zero-order valence-electron chi connectivity index (χ0n) is 17.2. The van der Waals surface area contributed by atoms with E-state index in [0.29, 0.717) is 42.4 Å². The van der Waals surface area contributed by atoms with Crippen molar-refractivity contribution in [2.75, 3.05) is 18.5 Å². The highest BCUT2D eigenvalue weighted by Gasteiger charge is 2.24. The Kier molecular flexibility index (Phi) is 6.75. The first-order chi connectivity index (χ1) is 13.9. The van der Waals surface area contributed by atoms with Crippen molar-refractivity contribution in [1.29, 1.82) is 0 Å². The molecule has 1 unspecified atom stereocenters. The van der Waals surface area contributed by atoms with Crippen molar-refractivity contribution in [1.82, 2.24) is 5.32 Å². The van der Waals surface area contributed by atoms with E-state index in [1.807, 2.05) is 39.0 Å². The summed E-state index contributed by atoms with van der Waals surface area (Å²) in [5.41, 5.74) is 2.05. The first-order valence-electron chi connectivity index (χ1n) is 10.0. The van der Waals surface area contributed by atoms with Crippen LogP contribution in [0, 0.1) is 12.8 Å². The predicted octanol–water partition coefficient (Wildman–Crippen LogP) is 3.94. The summed E-state index contributed by atoms with van der Waals surface area (Å²) in [5.74, 6) is 1.03. The summed E-state index contributed by atoms with van der Waals surface area (Å²) in [6.07, 6.45) is 1.35. The second-order valence-electron chi connectivity index (χ2n) is 7.67. The van der Waals surface area contributed by atoms with Crippen LogP contribution in [0.1, 0.15) is 42.6 Å². The van der Waals surface area contributed by atoms with E-state index < -0.39 is 6.04 Å². The average molecular weight is 396 g/mol. The van der Waals surface area contributed by atoms with Gasteiger partial charge in [-0.3, -0.25) is 9.59 Å². The van der Waals surface area contributed by atoms with Gasteiger partial charge in [-0.05, 0) is 43.0 Å². The summed E-state index contributed by atoms with van der Waals surface area (Å²) in [6, 6.07) is 12.0. The largest absolute Gasteiger partial charge is 0.490 e. The normalized spacial score (nSPS) is 14.1. The Labute approximate surface area is 171 Å². The van der Waals surface area contributed by atoms with Crippen LogP contribution in [0.2, 0.25) is 0 Å². The second-order valence-corrected chi connectivity index (χ2v) is 7.67. The second kappa shape index (κ2) is 9.45. The molecule has 0 bridgehead atoms. The Balaban J connectivity index is 1.73. The molecule has 3 rings (SSSR count). The van der Waals surface area contributed by atoms with Crippen molar-refractivity contribution in [2.45, 2.75) is 39.7 Å². The highest BCUT2D eigenvalue weighted by molar-refractivity contribution is 6.01. The highest BCUT2D eigenvalue weighted by Crippen LogP contribution is 2.32. The third-order valence-electron chi connectivity index (χ3n) is 4.73. The maximum Gasteiger partial charge on any atom is 0.252 e. The summed E-state index contributed by atoms with van der Waals surface area (Å²) in [5, 5.41) is 5.79. The number of amides is 2. The molecular formula is C23H28N2O4. The lowest BCUT2D eigenvalue weighted by molar-refractivity contribution is -0.118. The fourth-order valence-corrected chi connectivity index (χ4v) is 3.24. The number of carbonyl (C=O) groups is 2. The Bertz CT molecular complexity index is 879. The van der Waals surface area contributed by atoms with E-state index in [9.17, 15) is 9.59 Å². The molecule has 1 aliphatic heterocycles. The molecule has 2 aromatic carbocycles. The average Bonchev–Trinajstić information content (AvgIpc) is 2.92. The molecule has 0 radical (unpaired) electrons. The van der Waals surface area contributed by atoms with Crippen molar-refractivity contribution in [3.05, 3.63) is 53.6 Å². The maximum atomic E-state index is 12.9. The van der Waals surface area contributed by atoms with Crippen LogP contribution in [0.3, 0.4) is 0 Å². The maximum absolute atomic E-state index is 12.9. The van der Waals surface area contributed by atoms with Gasteiger partial charge in [0, 0.05) is 23.7 Å². The van der Waals surface area contributed by atoms with Gasteiger partial charge in [0.1, 0.15) is 6.04 Å². The molecule has 0 fully saturated rings. The first kappa shape index (κ1) is 20.7. The molecule has 6 heteroatoms. The number of benzene rings is 2. The van der Waals surface area contributed by atoms with Gasteiger partial charge < -0.3 is 20.1 Å². The van der Waals surface area contributed by atoms with Crippen LogP contribution in [0.5, 0.6) is 11.5 Å². The van der Waals surface area contributed by atoms with Crippen molar-refractivity contribution in [3.8, 4) is 11.5 Å². The van der Waals surface area contributed by atoms with Gasteiger partial charge in [-0.2, -0.15) is 0 Å². The van der Waals surface area contributed by atoms with E-state index in [1.165, 1.54) is 0 Å². The van der Waals surface area contributed by atoms with Crippen LogP contribution >= 0.6 is 0 Å². The zero-order chi connectivity index (χ0) is 20.8. The number of carbonyl (C=O) groups excluding carboxylic acids is 2. The summed E-state index contributed by atoms with van der Waals surface area (Å²) >= 11 is 0. The van der Waals surface area contributed by atoms with Gasteiger partial charge in [-0.1, -0.05) is 32.0 Å². The molecule has 1 aliphatic rings. The first-order valence-corrected chi connectivity index (χ1v) is 10.0. The van der Waals surface area contributed by atoms with Gasteiger partial charge in [0.25, 0.3) is 5.91 Å². The van der Waals surface area contributed by atoms with Gasteiger partial charge in [0.2, 0.25) is 5.91 Å². The van der Waals surface area contributed by atoms with Crippen molar-refractivity contribution in [2.24, 2.45) is 5.92 Å². The molecule has 154 valence electrons. The third-order valence-corrected chi connectivity index (χ3v) is 4.73. The number of rotatable bonds is 6. The van der Waals surface area contributed by atoms with Crippen molar-refractivity contribution in [3.63, 3.8) is 0 Å². The van der Waals surface area contributed by atoms with E-state index in [4.69, 9.17) is 9.47 Å². The molecule has 2 aromatic rings. The third kappa shape index (κ3) is 5.50. The van der Waals surface area contributed by atoms with Crippen molar-refractivity contribution < 1.29 is 19.1 Å². The molecule has 0 saturated carbocycles. The topological polar surface area (TPSA) is 76.7 Å². The molecule has 2 N–H and O–H groups in total. The van der Waals surface area contributed by atoms with Gasteiger partial charge >= 0.3 is 0 Å². The van der Waals surface area contributed by atoms with Gasteiger partial charge in [0.15, 0.2) is 11.5 Å². The van der Waals surface area contributed by atoms with E-state index in [1.54, 1.807) is 24.3 Å². The molecular weight excluding hydrogens is 368 g/mol. The number of hydrogen-bond donors (Lipinski definition) is 2. The lowest BCUT2D eigenvalue weighted by atomic mass is 10.0. The molecule has 29 heavy (non-hydrogen) atoms. The van der Waals surface area contributed by atoms with Crippen LogP contribution in [-0.2, 0) is 4.79 Å². The molecule has 1 heterocycles. The molecule has 2 amide bonds. The molecule has 0 aliphatic carbocycles. The van der Waals surface area contributed by atoms with Crippen LogP contribution in [-0.4, -0.2) is 31.1 Å². The molecule has 0 aromatic heterocycles. The summed E-state index contributed by atoms with van der Waals surface area (Å²) in [7, 11) is 0. The number of nitrogens with one attached hydrogen (secondary N) is 2. The molecule has 0 saturated heterocycles. The monoisotopic (exact) mass is 396 g/mol. The Hall–Kier alpha value is -3.02. The van der Waals surface area contributed by atoms with E-state index in [0.717, 1.165) is 12.0 Å². The smallest absolute Gasteiger partial charge is 0.252 e. The van der Waals surface area contributed by atoms with Gasteiger partial charge in [-0.25, -0.2) is 0 Å². The molecule has 6 nitrogen and oxygen atoms in total. The van der Waals surface area contributed by atoms with Gasteiger partial charge in [-0.15, -0.1) is 0 Å². The zero-order valence-corrected chi connectivity index (χ0v) is 17.2. The number of aryl methyl sites for hydroxylation is 1. The van der Waals surface area contributed by atoms with E-state index >= 15 is 0 Å². The van der Waals surface area contributed by atoms with Crippen molar-refractivity contribution >= 4 is 17.5 Å². The lowest BCUT2D eigenvalue weighted by Gasteiger charge is -2.21. The van der Waals surface area contributed by atoms with Crippen LogP contribution in [0.25, 0.3) is 0 Å². The highest BCUT2D eigenvalue weighted by atomic mass is 16.5. The lowest BCUT2D eigenvalue weighted by Crippen LogP contribution is -2.44. The SMILES string of the molecule is Cc1ccccc1C(=O)NC(CC(C)C)C(=O)Nc1ccc2c(c1)OCCCO2. The Morgan fingerprint density at radius 2 is 1.76 bits per heavy atom. The van der Waals surface area contributed by atoms with Crippen LogP contribution in [0.15, 0.2) is 42.5 Å². The fourth-order valence-electron chi connectivity index (χ4n) is 3.24. The summed E-state index contributed by atoms with van der Waals surface area (Å²) < 4.78 is 11.3. The van der Waals surface area contributed by atoms with Gasteiger partial charge in [0.05, 0.1) is 13.2 Å². The number of anilines is 1. The minimum absolute atomic E-state index is 0.242. The van der Waals surface area contributed by atoms with E-state index in [2.05, 4.69) is 10.6 Å². The Morgan fingerprint density at radius 1 is 1.03 bits per heavy atom. The number of ether oxygens (including phenoxy) is 2. The summed E-state index contributed by atoms with van der Waals surface area (Å²) in [4.78, 5) is 25.7. The molecule has 1 atom stereocenters. The predicted molar refractivity (Wildman–Crippen MR) is 113 cm³/mol.